The van der Waals surface area contributed by atoms with Crippen molar-refractivity contribution in [2.45, 2.75) is 90.2 Å². The number of hydrogen-bond acceptors (Lipinski definition) is 5. The molecule has 2 aliphatic rings. The van der Waals surface area contributed by atoms with Gasteiger partial charge in [-0.25, -0.2) is 14.8 Å². The number of ether oxygens (including phenoxy) is 1. The molecule has 1 aliphatic heterocycles. The summed E-state index contributed by atoms with van der Waals surface area (Å²) in [6, 6.07) is -0.484. The Morgan fingerprint density at radius 3 is 2.33 bits per heavy atom. The van der Waals surface area contributed by atoms with Gasteiger partial charge in [0, 0.05) is 37.4 Å². The Morgan fingerprint density at radius 2 is 1.73 bits per heavy atom. The van der Waals surface area contributed by atoms with E-state index in [1.807, 2.05) is 18.7 Å². The van der Waals surface area contributed by atoms with Crippen molar-refractivity contribution in [1.29, 1.82) is 0 Å². The number of anilines is 1. The zero-order chi connectivity index (χ0) is 24.1. The summed E-state index contributed by atoms with van der Waals surface area (Å²) in [5, 5.41) is 0.0432. The number of rotatable bonds is 2. The maximum atomic E-state index is 14.1. The molecule has 1 saturated carbocycles. The minimum absolute atomic E-state index is 0.0201. The number of fused-ring (bicyclic) bond motifs is 1. The van der Waals surface area contributed by atoms with Gasteiger partial charge in [-0.1, -0.05) is 12.8 Å². The Labute approximate surface area is 191 Å². The van der Waals surface area contributed by atoms with E-state index >= 15 is 0 Å². The summed E-state index contributed by atoms with van der Waals surface area (Å²) < 4.78 is 49.5. The minimum Gasteiger partial charge on any atom is -0.444 e. The maximum absolute atomic E-state index is 14.1. The molecule has 2 aromatic rings. The lowest BCUT2D eigenvalue weighted by atomic mass is 10.1. The fraction of sp³-hybridized carbons (Fsp3) is 0.696. The second-order valence-electron chi connectivity index (χ2n) is 10.3. The second kappa shape index (κ2) is 8.36. The van der Waals surface area contributed by atoms with E-state index in [1.54, 1.807) is 30.2 Å². The van der Waals surface area contributed by atoms with Crippen LogP contribution in [-0.4, -0.2) is 56.3 Å². The lowest BCUT2D eigenvalue weighted by molar-refractivity contribution is -0.136. The summed E-state index contributed by atoms with van der Waals surface area (Å²) in [5.74, 6) is 0.271. The Hall–Kier alpha value is -2.52. The molecule has 33 heavy (non-hydrogen) atoms. The van der Waals surface area contributed by atoms with Crippen LogP contribution < -0.4 is 4.90 Å². The summed E-state index contributed by atoms with van der Waals surface area (Å²) in [6.45, 7) is 9.85. The molecule has 2 atom stereocenters. The Bertz CT molecular complexity index is 1020. The topological polar surface area (TPSA) is 63.5 Å². The van der Waals surface area contributed by atoms with Crippen molar-refractivity contribution in [3.63, 3.8) is 0 Å². The van der Waals surface area contributed by atoms with Crippen molar-refractivity contribution < 1.29 is 22.7 Å². The van der Waals surface area contributed by atoms with E-state index in [0.29, 0.717) is 18.7 Å². The first-order valence-corrected chi connectivity index (χ1v) is 11.6. The van der Waals surface area contributed by atoms with Crippen LogP contribution in [0.4, 0.5) is 23.8 Å². The summed E-state index contributed by atoms with van der Waals surface area (Å²) in [4.78, 5) is 24.8. The molecule has 0 unspecified atom stereocenters. The molecule has 0 N–H and O–H groups in total. The number of carbonyl (C=O) groups is 1. The van der Waals surface area contributed by atoms with Gasteiger partial charge in [-0.3, -0.25) is 0 Å². The average Bonchev–Trinajstić information content (AvgIpc) is 3.35. The number of halogens is 3. The van der Waals surface area contributed by atoms with Crippen molar-refractivity contribution >= 4 is 22.9 Å². The molecule has 1 saturated heterocycles. The molecule has 2 aromatic heterocycles. The Kier molecular flexibility index (Phi) is 5.99. The number of amides is 1. The molecule has 2 fully saturated rings. The molecule has 1 aliphatic carbocycles. The van der Waals surface area contributed by atoms with Crippen LogP contribution in [0.15, 0.2) is 12.5 Å². The molecule has 0 bridgehead atoms. The lowest BCUT2D eigenvalue weighted by Crippen LogP contribution is -2.59. The van der Waals surface area contributed by atoms with Gasteiger partial charge in [0.05, 0.1) is 10.9 Å². The van der Waals surface area contributed by atoms with Gasteiger partial charge in [0.25, 0.3) is 0 Å². The number of carbonyl (C=O) groups excluding carboxylic acids is 1. The van der Waals surface area contributed by atoms with E-state index in [9.17, 15) is 18.0 Å². The van der Waals surface area contributed by atoms with Crippen LogP contribution in [0.3, 0.4) is 0 Å². The largest absolute Gasteiger partial charge is 0.444 e. The van der Waals surface area contributed by atoms with Crippen LogP contribution in [0.1, 0.15) is 71.9 Å². The third-order valence-corrected chi connectivity index (χ3v) is 6.50. The first-order valence-electron chi connectivity index (χ1n) is 11.6. The lowest BCUT2D eigenvalue weighted by Gasteiger charge is -2.44. The van der Waals surface area contributed by atoms with E-state index in [2.05, 4.69) is 9.97 Å². The third kappa shape index (κ3) is 4.61. The van der Waals surface area contributed by atoms with Crippen LogP contribution in [0.25, 0.3) is 11.0 Å². The smallest absolute Gasteiger partial charge is 0.418 e. The van der Waals surface area contributed by atoms with E-state index in [-0.39, 0.29) is 29.3 Å². The maximum Gasteiger partial charge on any atom is 0.418 e. The van der Waals surface area contributed by atoms with Gasteiger partial charge in [0.15, 0.2) is 0 Å². The van der Waals surface area contributed by atoms with E-state index in [1.165, 1.54) is 12.5 Å². The highest BCUT2D eigenvalue weighted by atomic mass is 19.4. The van der Waals surface area contributed by atoms with E-state index < -0.39 is 23.4 Å². The predicted molar refractivity (Wildman–Crippen MR) is 119 cm³/mol. The highest BCUT2D eigenvalue weighted by Gasteiger charge is 2.41. The van der Waals surface area contributed by atoms with Gasteiger partial charge in [-0.15, -0.1) is 0 Å². The first kappa shape index (κ1) is 23.6. The predicted octanol–water partition coefficient (Wildman–Crippen LogP) is 5.40. The monoisotopic (exact) mass is 467 g/mol. The van der Waals surface area contributed by atoms with Crippen molar-refractivity contribution in [2.75, 3.05) is 18.0 Å². The van der Waals surface area contributed by atoms with Crippen molar-refractivity contribution in [3.8, 4) is 0 Å². The molecule has 7 nitrogen and oxygen atoms in total. The molecule has 4 rings (SSSR count). The average molecular weight is 468 g/mol. The fourth-order valence-corrected chi connectivity index (χ4v) is 4.96. The molecule has 3 heterocycles. The standard InChI is InChI=1S/C23H32F3N5O2/c1-14-11-30(21(32)33-22(3,4)5)15(2)10-29(14)19-18-17(23(24,25)26)12-31(16-8-6-7-9-16)20(18)28-13-27-19/h12-16H,6-11H2,1-5H3/t14-,15+/m0/s1. The highest BCUT2D eigenvalue weighted by Crippen LogP contribution is 2.43. The summed E-state index contributed by atoms with van der Waals surface area (Å²) in [6.07, 6.45) is 1.33. The van der Waals surface area contributed by atoms with Crippen molar-refractivity contribution in [2.24, 2.45) is 0 Å². The zero-order valence-electron chi connectivity index (χ0n) is 19.8. The fourth-order valence-electron chi connectivity index (χ4n) is 4.96. The van der Waals surface area contributed by atoms with Crippen LogP contribution in [0, 0.1) is 0 Å². The van der Waals surface area contributed by atoms with Gasteiger partial charge >= 0.3 is 12.3 Å². The highest BCUT2D eigenvalue weighted by molar-refractivity contribution is 5.92. The first-order chi connectivity index (χ1) is 15.4. The number of alkyl halides is 3. The normalized spacial score (nSPS) is 22.9. The molecule has 0 aromatic carbocycles. The summed E-state index contributed by atoms with van der Waals surface area (Å²) in [7, 11) is 0. The quantitative estimate of drug-likeness (QED) is 0.592. The van der Waals surface area contributed by atoms with Crippen LogP contribution in [0.2, 0.25) is 0 Å². The van der Waals surface area contributed by atoms with Gasteiger partial charge in [0.2, 0.25) is 0 Å². The van der Waals surface area contributed by atoms with Gasteiger partial charge in [-0.05, 0) is 47.5 Å². The molecule has 182 valence electrons. The zero-order valence-corrected chi connectivity index (χ0v) is 19.8. The van der Waals surface area contributed by atoms with Crippen molar-refractivity contribution in [1.82, 2.24) is 19.4 Å². The van der Waals surface area contributed by atoms with Crippen LogP contribution >= 0.6 is 0 Å². The molecule has 10 heteroatoms. The summed E-state index contributed by atoms with van der Waals surface area (Å²) >= 11 is 0. The number of aromatic nitrogens is 3. The SMILES string of the molecule is C[C@@H]1CN(c2ncnc3c2c(C(F)(F)F)cn3C2CCCC2)[C@@H](C)CN1C(=O)OC(C)(C)C. The van der Waals surface area contributed by atoms with Gasteiger partial charge in [0.1, 0.15) is 23.4 Å². The van der Waals surface area contributed by atoms with Crippen LogP contribution in [0.5, 0.6) is 0 Å². The van der Waals surface area contributed by atoms with Gasteiger partial charge in [-0.2, -0.15) is 13.2 Å². The van der Waals surface area contributed by atoms with Crippen LogP contribution in [-0.2, 0) is 10.9 Å². The molecule has 0 radical (unpaired) electrons. The minimum atomic E-state index is -4.52. The number of hydrogen-bond donors (Lipinski definition) is 0. The van der Waals surface area contributed by atoms with E-state index in [0.717, 1.165) is 25.7 Å². The Balaban J connectivity index is 1.72. The van der Waals surface area contributed by atoms with Gasteiger partial charge < -0.3 is 19.1 Å². The van der Waals surface area contributed by atoms with Crippen molar-refractivity contribution in [3.05, 3.63) is 18.1 Å². The number of piperazine rings is 1. The Morgan fingerprint density at radius 1 is 1.06 bits per heavy atom. The second-order valence-corrected chi connectivity index (χ2v) is 10.3. The molecule has 1 amide bonds. The third-order valence-electron chi connectivity index (χ3n) is 6.50. The summed E-state index contributed by atoms with van der Waals surface area (Å²) in [5.41, 5.74) is -0.996. The molecular weight excluding hydrogens is 435 g/mol. The van der Waals surface area contributed by atoms with E-state index in [4.69, 9.17) is 4.74 Å². The molecular formula is C23H32F3N5O2. The number of nitrogens with zero attached hydrogens (tertiary/aromatic N) is 5. The molecule has 0 spiro atoms.